The molecule has 0 spiro atoms. The first-order valence-corrected chi connectivity index (χ1v) is 10.3. The predicted molar refractivity (Wildman–Crippen MR) is 116 cm³/mol. The smallest absolute Gasteiger partial charge is 0.243 e. The summed E-state index contributed by atoms with van der Waals surface area (Å²) < 4.78 is 2.08. The number of amides is 1. The number of hydrogen-bond donors (Lipinski definition) is 0. The van der Waals surface area contributed by atoms with E-state index in [0.29, 0.717) is 6.54 Å². The third-order valence-electron chi connectivity index (χ3n) is 5.75. The van der Waals surface area contributed by atoms with E-state index in [-0.39, 0.29) is 18.0 Å². The SMILES string of the molecule is CCC(C)N(C(=O)Cn1c(-c2ccccc2C)nc2ccccc21)C(C)CC. The highest BCUT2D eigenvalue weighted by Crippen LogP contribution is 2.27. The number of carbonyl (C=O) groups is 1. The van der Waals surface area contributed by atoms with Gasteiger partial charge in [-0.15, -0.1) is 0 Å². The van der Waals surface area contributed by atoms with Gasteiger partial charge in [-0.1, -0.05) is 50.2 Å². The molecule has 0 saturated carbocycles. The second kappa shape index (κ2) is 8.59. The minimum absolute atomic E-state index is 0.154. The number of rotatable bonds is 7. The fourth-order valence-corrected chi connectivity index (χ4v) is 3.80. The molecule has 0 aliphatic carbocycles. The Hall–Kier alpha value is -2.62. The van der Waals surface area contributed by atoms with E-state index in [0.717, 1.165) is 40.8 Å². The van der Waals surface area contributed by atoms with Crippen molar-refractivity contribution in [2.45, 2.75) is 66.1 Å². The molecule has 0 radical (unpaired) electrons. The summed E-state index contributed by atoms with van der Waals surface area (Å²) in [6.45, 7) is 10.9. The molecule has 4 heteroatoms. The Labute approximate surface area is 168 Å². The maximum Gasteiger partial charge on any atom is 0.243 e. The minimum atomic E-state index is 0.154. The van der Waals surface area contributed by atoms with Gasteiger partial charge in [0.15, 0.2) is 0 Å². The number of imidazole rings is 1. The summed E-state index contributed by atoms with van der Waals surface area (Å²) in [5.41, 5.74) is 4.16. The van der Waals surface area contributed by atoms with Crippen LogP contribution in [0.15, 0.2) is 48.5 Å². The maximum absolute atomic E-state index is 13.4. The van der Waals surface area contributed by atoms with Crippen molar-refractivity contribution in [2.24, 2.45) is 0 Å². The standard InChI is InChI=1S/C24H31N3O/c1-6-18(4)27(19(5)7-2)23(28)16-26-22-15-11-10-14-21(22)25-24(26)20-13-9-8-12-17(20)3/h8-15,18-19H,6-7,16H2,1-5H3. The lowest BCUT2D eigenvalue weighted by atomic mass is 10.1. The molecule has 2 aromatic carbocycles. The van der Waals surface area contributed by atoms with Crippen molar-refractivity contribution < 1.29 is 4.79 Å². The van der Waals surface area contributed by atoms with E-state index in [9.17, 15) is 4.79 Å². The van der Waals surface area contributed by atoms with Gasteiger partial charge in [-0.05, 0) is 51.3 Å². The van der Waals surface area contributed by atoms with E-state index >= 15 is 0 Å². The van der Waals surface area contributed by atoms with Gasteiger partial charge >= 0.3 is 0 Å². The molecule has 3 aromatic rings. The molecule has 148 valence electrons. The second-order valence-corrected chi connectivity index (χ2v) is 7.64. The van der Waals surface area contributed by atoms with Crippen LogP contribution < -0.4 is 0 Å². The maximum atomic E-state index is 13.4. The van der Waals surface area contributed by atoms with Gasteiger partial charge in [0, 0.05) is 17.6 Å². The molecule has 1 heterocycles. The first-order valence-electron chi connectivity index (χ1n) is 10.3. The van der Waals surface area contributed by atoms with Crippen LogP contribution in [0.1, 0.15) is 46.1 Å². The van der Waals surface area contributed by atoms with Crippen LogP contribution in [-0.2, 0) is 11.3 Å². The molecule has 0 saturated heterocycles. The molecule has 0 N–H and O–H groups in total. The fourth-order valence-electron chi connectivity index (χ4n) is 3.80. The van der Waals surface area contributed by atoms with Crippen molar-refractivity contribution in [2.75, 3.05) is 0 Å². The number of fused-ring (bicyclic) bond motifs is 1. The van der Waals surface area contributed by atoms with Crippen molar-refractivity contribution in [1.82, 2.24) is 14.5 Å². The predicted octanol–water partition coefficient (Wildman–Crippen LogP) is 5.44. The summed E-state index contributed by atoms with van der Waals surface area (Å²) in [5.74, 6) is 1.02. The molecule has 1 amide bonds. The van der Waals surface area contributed by atoms with E-state index in [4.69, 9.17) is 4.98 Å². The Morgan fingerprint density at radius 3 is 2.25 bits per heavy atom. The van der Waals surface area contributed by atoms with Gasteiger partial charge in [0.05, 0.1) is 11.0 Å². The van der Waals surface area contributed by atoms with Gasteiger partial charge in [0.1, 0.15) is 12.4 Å². The van der Waals surface area contributed by atoms with E-state index in [2.05, 4.69) is 56.2 Å². The molecule has 2 unspecified atom stereocenters. The van der Waals surface area contributed by atoms with Crippen molar-refractivity contribution in [3.63, 3.8) is 0 Å². The van der Waals surface area contributed by atoms with Crippen molar-refractivity contribution >= 4 is 16.9 Å². The zero-order valence-electron chi connectivity index (χ0n) is 17.6. The lowest BCUT2D eigenvalue weighted by Gasteiger charge is -2.34. The number of aryl methyl sites for hydroxylation is 1. The number of nitrogens with zero attached hydrogens (tertiary/aromatic N) is 3. The lowest BCUT2D eigenvalue weighted by Crippen LogP contribution is -2.45. The number of benzene rings is 2. The van der Waals surface area contributed by atoms with E-state index in [1.165, 1.54) is 0 Å². The zero-order chi connectivity index (χ0) is 20.3. The van der Waals surface area contributed by atoms with Crippen LogP contribution in [0.3, 0.4) is 0 Å². The third-order valence-corrected chi connectivity index (χ3v) is 5.75. The number of para-hydroxylation sites is 2. The summed E-state index contributed by atoms with van der Waals surface area (Å²) >= 11 is 0. The summed E-state index contributed by atoms with van der Waals surface area (Å²) in [6, 6.07) is 16.7. The van der Waals surface area contributed by atoms with Crippen LogP contribution in [0.2, 0.25) is 0 Å². The topological polar surface area (TPSA) is 38.1 Å². The molecule has 1 aromatic heterocycles. The van der Waals surface area contributed by atoms with Gasteiger partial charge in [-0.3, -0.25) is 4.79 Å². The van der Waals surface area contributed by atoms with Gasteiger partial charge in [0.2, 0.25) is 5.91 Å². The zero-order valence-corrected chi connectivity index (χ0v) is 17.6. The molecule has 3 rings (SSSR count). The first kappa shape index (κ1) is 20.1. The molecular formula is C24H31N3O. The normalized spacial score (nSPS) is 13.5. The molecule has 2 atom stereocenters. The molecule has 0 fully saturated rings. The third kappa shape index (κ3) is 3.82. The van der Waals surface area contributed by atoms with Gasteiger partial charge in [-0.25, -0.2) is 4.98 Å². The Morgan fingerprint density at radius 2 is 1.61 bits per heavy atom. The Kier molecular flexibility index (Phi) is 6.18. The van der Waals surface area contributed by atoms with Gasteiger partial charge in [-0.2, -0.15) is 0 Å². The van der Waals surface area contributed by atoms with Gasteiger partial charge < -0.3 is 9.47 Å². The van der Waals surface area contributed by atoms with Crippen LogP contribution in [0.4, 0.5) is 0 Å². The molecular weight excluding hydrogens is 346 g/mol. The van der Waals surface area contributed by atoms with Gasteiger partial charge in [0.25, 0.3) is 0 Å². The van der Waals surface area contributed by atoms with E-state index in [1.807, 2.05) is 36.4 Å². The minimum Gasteiger partial charge on any atom is -0.336 e. The monoisotopic (exact) mass is 377 g/mol. The summed E-state index contributed by atoms with van der Waals surface area (Å²) in [6.07, 6.45) is 1.90. The van der Waals surface area contributed by atoms with Crippen molar-refractivity contribution in [1.29, 1.82) is 0 Å². The fraction of sp³-hybridized carbons (Fsp3) is 0.417. The molecule has 0 aliphatic rings. The number of carbonyl (C=O) groups excluding carboxylic acids is 1. The van der Waals surface area contributed by atoms with Crippen LogP contribution in [-0.4, -0.2) is 32.4 Å². The lowest BCUT2D eigenvalue weighted by molar-refractivity contribution is -0.136. The molecule has 0 aliphatic heterocycles. The summed E-state index contributed by atoms with van der Waals surface area (Å²) in [7, 11) is 0. The molecule has 4 nitrogen and oxygen atoms in total. The van der Waals surface area contributed by atoms with E-state index < -0.39 is 0 Å². The Bertz CT molecular complexity index is 949. The first-order chi connectivity index (χ1) is 13.5. The largest absolute Gasteiger partial charge is 0.336 e. The van der Waals surface area contributed by atoms with Crippen LogP contribution >= 0.6 is 0 Å². The Balaban J connectivity index is 2.08. The highest BCUT2D eigenvalue weighted by atomic mass is 16.2. The molecule has 0 bridgehead atoms. The van der Waals surface area contributed by atoms with Crippen LogP contribution in [0, 0.1) is 6.92 Å². The summed E-state index contributed by atoms with van der Waals surface area (Å²) in [5, 5.41) is 0. The average molecular weight is 378 g/mol. The van der Waals surface area contributed by atoms with Crippen LogP contribution in [0.25, 0.3) is 22.4 Å². The van der Waals surface area contributed by atoms with Crippen molar-refractivity contribution in [3.8, 4) is 11.4 Å². The quantitative estimate of drug-likeness (QED) is 0.550. The molecule has 28 heavy (non-hydrogen) atoms. The highest BCUT2D eigenvalue weighted by Gasteiger charge is 2.25. The van der Waals surface area contributed by atoms with E-state index in [1.54, 1.807) is 0 Å². The Morgan fingerprint density at radius 1 is 1.00 bits per heavy atom. The summed E-state index contributed by atoms with van der Waals surface area (Å²) in [4.78, 5) is 20.3. The second-order valence-electron chi connectivity index (χ2n) is 7.64. The average Bonchev–Trinajstić information content (AvgIpc) is 3.06. The van der Waals surface area contributed by atoms with Crippen LogP contribution in [0.5, 0.6) is 0 Å². The number of aromatic nitrogens is 2. The van der Waals surface area contributed by atoms with Crippen molar-refractivity contribution in [3.05, 3.63) is 54.1 Å². The number of hydrogen-bond acceptors (Lipinski definition) is 2. The highest BCUT2D eigenvalue weighted by molar-refractivity contribution is 5.85.